The molecule has 24 heavy (non-hydrogen) atoms. The zero-order chi connectivity index (χ0) is 16.8. The van der Waals surface area contributed by atoms with Crippen molar-refractivity contribution in [1.29, 1.82) is 0 Å². The SMILES string of the molecule is COc1ccc(F)cc1CN(Cc1ccccc1)CC1CCCO1. The van der Waals surface area contributed by atoms with E-state index in [2.05, 4.69) is 17.0 Å². The van der Waals surface area contributed by atoms with Crippen LogP contribution < -0.4 is 4.74 Å². The molecule has 0 aliphatic carbocycles. The molecular weight excluding hydrogens is 305 g/mol. The smallest absolute Gasteiger partial charge is 0.123 e. The summed E-state index contributed by atoms with van der Waals surface area (Å²) in [7, 11) is 1.62. The van der Waals surface area contributed by atoms with Crippen molar-refractivity contribution in [2.24, 2.45) is 0 Å². The molecule has 1 unspecified atom stereocenters. The average Bonchev–Trinajstić information content (AvgIpc) is 3.09. The highest BCUT2D eigenvalue weighted by Crippen LogP contribution is 2.23. The molecule has 4 heteroatoms. The molecule has 0 aromatic heterocycles. The van der Waals surface area contributed by atoms with Crippen molar-refractivity contribution in [2.75, 3.05) is 20.3 Å². The van der Waals surface area contributed by atoms with Crippen LogP contribution in [0.1, 0.15) is 24.0 Å². The number of methoxy groups -OCH3 is 1. The van der Waals surface area contributed by atoms with Crippen LogP contribution >= 0.6 is 0 Å². The van der Waals surface area contributed by atoms with Crippen LogP contribution in [-0.2, 0) is 17.8 Å². The first kappa shape index (κ1) is 16.9. The fraction of sp³-hybridized carbons (Fsp3) is 0.400. The van der Waals surface area contributed by atoms with Gasteiger partial charge in [0, 0.05) is 31.8 Å². The highest BCUT2D eigenvalue weighted by molar-refractivity contribution is 5.34. The Morgan fingerprint density at radius 2 is 2.00 bits per heavy atom. The van der Waals surface area contributed by atoms with E-state index in [1.165, 1.54) is 11.6 Å². The Hall–Kier alpha value is -1.91. The van der Waals surface area contributed by atoms with Gasteiger partial charge in [-0.25, -0.2) is 4.39 Å². The lowest BCUT2D eigenvalue weighted by molar-refractivity contribution is 0.0676. The van der Waals surface area contributed by atoms with E-state index >= 15 is 0 Å². The molecule has 0 radical (unpaired) electrons. The van der Waals surface area contributed by atoms with Crippen molar-refractivity contribution < 1.29 is 13.9 Å². The second-order valence-corrected chi connectivity index (χ2v) is 6.25. The fourth-order valence-corrected chi connectivity index (χ4v) is 3.21. The zero-order valence-electron chi connectivity index (χ0n) is 14.1. The molecule has 0 spiro atoms. The molecule has 3 nitrogen and oxygen atoms in total. The van der Waals surface area contributed by atoms with E-state index in [9.17, 15) is 4.39 Å². The topological polar surface area (TPSA) is 21.7 Å². The summed E-state index contributed by atoms with van der Waals surface area (Å²) in [5, 5.41) is 0. The number of hydrogen-bond acceptors (Lipinski definition) is 3. The normalized spacial score (nSPS) is 17.4. The number of ether oxygens (including phenoxy) is 2. The Labute approximate surface area is 143 Å². The molecule has 1 saturated heterocycles. The first-order valence-electron chi connectivity index (χ1n) is 8.45. The number of rotatable bonds is 7. The lowest BCUT2D eigenvalue weighted by atomic mass is 10.1. The van der Waals surface area contributed by atoms with Crippen molar-refractivity contribution >= 4 is 0 Å². The van der Waals surface area contributed by atoms with Gasteiger partial charge >= 0.3 is 0 Å². The summed E-state index contributed by atoms with van der Waals surface area (Å²) >= 11 is 0. The van der Waals surface area contributed by atoms with Gasteiger partial charge < -0.3 is 9.47 Å². The molecule has 1 fully saturated rings. The number of hydrogen-bond donors (Lipinski definition) is 0. The first-order valence-corrected chi connectivity index (χ1v) is 8.45. The molecule has 0 amide bonds. The van der Waals surface area contributed by atoms with Crippen molar-refractivity contribution in [3.05, 3.63) is 65.5 Å². The van der Waals surface area contributed by atoms with E-state index in [1.54, 1.807) is 19.2 Å². The highest BCUT2D eigenvalue weighted by atomic mass is 19.1. The minimum atomic E-state index is -0.234. The van der Waals surface area contributed by atoms with Crippen LogP contribution in [-0.4, -0.2) is 31.3 Å². The van der Waals surface area contributed by atoms with E-state index in [1.807, 2.05) is 18.2 Å². The summed E-state index contributed by atoms with van der Waals surface area (Å²) in [6.07, 6.45) is 2.46. The molecule has 2 aromatic carbocycles. The van der Waals surface area contributed by atoms with Gasteiger partial charge in [0.25, 0.3) is 0 Å². The Bertz CT molecular complexity index is 641. The predicted molar refractivity (Wildman–Crippen MR) is 92.5 cm³/mol. The maximum atomic E-state index is 13.7. The number of halogens is 1. The van der Waals surface area contributed by atoms with Crippen LogP contribution in [0.4, 0.5) is 4.39 Å². The largest absolute Gasteiger partial charge is 0.496 e. The quantitative estimate of drug-likeness (QED) is 0.766. The van der Waals surface area contributed by atoms with E-state index in [0.717, 1.165) is 43.9 Å². The van der Waals surface area contributed by atoms with Crippen molar-refractivity contribution in [2.45, 2.75) is 32.0 Å². The van der Waals surface area contributed by atoms with Gasteiger partial charge in [-0.05, 0) is 36.6 Å². The Kier molecular flexibility index (Phi) is 5.83. The maximum Gasteiger partial charge on any atom is 0.123 e. The summed E-state index contributed by atoms with van der Waals surface area (Å²) in [5.41, 5.74) is 2.11. The maximum absolute atomic E-state index is 13.7. The molecule has 2 aromatic rings. The van der Waals surface area contributed by atoms with E-state index in [-0.39, 0.29) is 11.9 Å². The van der Waals surface area contributed by atoms with Crippen LogP contribution in [0.25, 0.3) is 0 Å². The van der Waals surface area contributed by atoms with Crippen LogP contribution in [0.15, 0.2) is 48.5 Å². The number of nitrogens with zero attached hydrogens (tertiary/aromatic N) is 1. The van der Waals surface area contributed by atoms with Crippen LogP contribution in [0.3, 0.4) is 0 Å². The van der Waals surface area contributed by atoms with Crippen LogP contribution in [0, 0.1) is 5.82 Å². The minimum Gasteiger partial charge on any atom is -0.496 e. The minimum absolute atomic E-state index is 0.234. The van der Waals surface area contributed by atoms with Gasteiger partial charge in [-0.1, -0.05) is 30.3 Å². The first-order chi connectivity index (χ1) is 11.7. The molecule has 0 N–H and O–H groups in total. The van der Waals surface area contributed by atoms with Gasteiger partial charge in [0.05, 0.1) is 13.2 Å². The van der Waals surface area contributed by atoms with Crippen LogP contribution in [0.5, 0.6) is 5.75 Å². The third-order valence-electron chi connectivity index (χ3n) is 4.37. The lowest BCUT2D eigenvalue weighted by Gasteiger charge is -2.26. The van der Waals surface area contributed by atoms with Crippen molar-refractivity contribution in [1.82, 2.24) is 4.90 Å². The van der Waals surface area contributed by atoms with Gasteiger partial charge in [-0.3, -0.25) is 4.90 Å². The van der Waals surface area contributed by atoms with Crippen molar-refractivity contribution in [3.8, 4) is 5.75 Å². The molecule has 1 aliphatic heterocycles. The van der Waals surface area contributed by atoms with E-state index in [4.69, 9.17) is 9.47 Å². The van der Waals surface area contributed by atoms with E-state index < -0.39 is 0 Å². The monoisotopic (exact) mass is 329 g/mol. The second kappa shape index (κ2) is 8.27. The van der Waals surface area contributed by atoms with Gasteiger partial charge in [0.1, 0.15) is 11.6 Å². The fourth-order valence-electron chi connectivity index (χ4n) is 3.21. The molecule has 3 rings (SSSR count). The van der Waals surface area contributed by atoms with Gasteiger partial charge in [0.15, 0.2) is 0 Å². The van der Waals surface area contributed by atoms with Gasteiger partial charge in [0.2, 0.25) is 0 Å². The zero-order valence-corrected chi connectivity index (χ0v) is 14.1. The highest BCUT2D eigenvalue weighted by Gasteiger charge is 2.20. The molecule has 1 aliphatic rings. The summed E-state index contributed by atoms with van der Waals surface area (Å²) in [5.74, 6) is 0.490. The third-order valence-corrected chi connectivity index (χ3v) is 4.37. The Morgan fingerprint density at radius 1 is 1.17 bits per heavy atom. The summed E-state index contributed by atoms with van der Waals surface area (Å²) in [6.45, 7) is 3.12. The standard InChI is InChI=1S/C20H24FNO2/c1-23-20-10-9-18(21)12-17(20)14-22(15-19-8-5-11-24-19)13-16-6-3-2-4-7-16/h2-4,6-7,9-10,12,19H,5,8,11,13-15H2,1H3. The molecule has 1 atom stereocenters. The molecule has 128 valence electrons. The van der Waals surface area contributed by atoms with E-state index in [0.29, 0.717) is 6.54 Å². The summed E-state index contributed by atoms with van der Waals surface area (Å²) in [6, 6.07) is 15.0. The third kappa shape index (κ3) is 4.56. The van der Waals surface area contributed by atoms with Crippen molar-refractivity contribution in [3.63, 3.8) is 0 Å². The Morgan fingerprint density at radius 3 is 2.71 bits per heavy atom. The average molecular weight is 329 g/mol. The number of benzene rings is 2. The molecule has 0 bridgehead atoms. The lowest BCUT2D eigenvalue weighted by Crippen LogP contribution is -2.31. The second-order valence-electron chi connectivity index (χ2n) is 6.25. The Balaban J connectivity index is 1.77. The van der Waals surface area contributed by atoms with Crippen LogP contribution in [0.2, 0.25) is 0 Å². The summed E-state index contributed by atoms with van der Waals surface area (Å²) < 4.78 is 24.9. The molecule has 1 heterocycles. The van der Waals surface area contributed by atoms with Gasteiger partial charge in [-0.2, -0.15) is 0 Å². The predicted octanol–water partition coefficient (Wildman–Crippen LogP) is 4.02. The summed E-state index contributed by atoms with van der Waals surface area (Å²) in [4.78, 5) is 2.31. The molecule has 0 saturated carbocycles. The molecular formula is C20H24FNO2. The van der Waals surface area contributed by atoms with Gasteiger partial charge in [-0.15, -0.1) is 0 Å².